The molecule has 0 saturated carbocycles. The standard InChI is InChI=1S/C11H19F3N4O2/c12-11(13,14)7-17-10(20)6-18(5-9(15)19)8-1-3-16-4-2-8/h8,16H,1-7H2,(H2,15,19)(H,17,20). The first-order valence-electron chi connectivity index (χ1n) is 6.34. The lowest BCUT2D eigenvalue weighted by molar-refractivity contribution is -0.139. The Morgan fingerprint density at radius 1 is 1.25 bits per heavy atom. The number of primary amides is 1. The van der Waals surface area contributed by atoms with E-state index in [0.717, 1.165) is 25.9 Å². The summed E-state index contributed by atoms with van der Waals surface area (Å²) in [5.74, 6) is -1.37. The van der Waals surface area contributed by atoms with Gasteiger partial charge in [-0.05, 0) is 25.9 Å². The van der Waals surface area contributed by atoms with E-state index in [1.165, 1.54) is 4.90 Å². The Morgan fingerprint density at radius 2 is 1.85 bits per heavy atom. The number of carbonyl (C=O) groups excluding carboxylic acids is 2. The van der Waals surface area contributed by atoms with Crippen molar-refractivity contribution >= 4 is 11.8 Å². The second kappa shape index (κ2) is 7.44. The van der Waals surface area contributed by atoms with Gasteiger partial charge in [0, 0.05) is 6.04 Å². The third-order valence-corrected chi connectivity index (χ3v) is 3.02. The fourth-order valence-electron chi connectivity index (χ4n) is 2.13. The lowest BCUT2D eigenvalue weighted by Crippen LogP contribution is -2.50. The number of hydrogen-bond donors (Lipinski definition) is 3. The van der Waals surface area contributed by atoms with E-state index in [-0.39, 0.29) is 19.1 Å². The van der Waals surface area contributed by atoms with Gasteiger partial charge in [0.2, 0.25) is 11.8 Å². The molecule has 1 rings (SSSR count). The van der Waals surface area contributed by atoms with Crippen LogP contribution < -0.4 is 16.4 Å². The summed E-state index contributed by atoms with van der Waals surface area (Å²) in [7, 11) is 0. The molecule has 0 aromatic rings. The van der Waals surface area contributed by atoms with Crippen molar-refractivity contribution in [1.82, 2.24) is 15.5 Å². The number of nitrogens with two attached hydrogens (primary N) is 1. The van der Waals surface area contributed by atoms with Gasteiger partial charge in [-0.25, -0.2) is 0 Å². The van der Waals surface area contributed by atoms with Gasteiger partial charge in [-0.3, -0.25) is 14.5 Å². The third-order valence-electron chi connectivity index (χ3n) is 3.02. The predicted molar refractivity (Wildman–Crippen MR) is 65.7 cm³/mol. The number of rotatable bonds is 6. The van der Waals surface area contributed by atoms with Crippen LogP contribution in [0.1, 0.15) is 12.8 Å². The normalized spacial score (nSPS) is 17.2. The van der Waals surface area contributed by atoms with Crippen LogP contribution in [0.25, 0.3) is 0 Å². The van der Waals surface area contributed by atoms with E-state index in [4.69, 9.17) is 5.73 Å². The highest BCUT2D eigenvalue weighted by molar-refractivity contribution is 5.80. The van der Waals surface area contributed by atoms with Gasteiger partial charge in [0.15, 0.2) is 0 Å². The summed E-state index contributed by atoms with van der Waals surface area (Å²) in [4.78, 5) is 24.0. The molecular weight excluding hydrogens is 277 g/mol. The number of carbonyl (C=O) groups is 2. The molecule has 116 valence electrons. The maximum absolute atomic E-state index is 12.0. The summed E-state index contributed by atoms with van der Waals surface area (Å²) >= 11 is 0. The average molecular weight is 296 g/mol. The van der Waals surface area contributed by atoms with Gasteiger partial charge in [0.25, 0.3) is 0 Å². The summed E-state index contributed by atoms with van der Waals surface area (Å²) in [5.41, 5.74) is 5.11. The number of nitrogens with zero attached hydrogens (tertiary/aromatic N) is 1. The first kappa shape index (κ1) is 16.7. The van der Waals surface area contributed by atoms with Gasteiger partial charge in [-0.2, -0.15) is 13.2 Å². The van der Waals surface area contributed by atoms with Crippen LogP contribution in [0.3, 0.4) is 0 Å². The van der Waals surface area contributed by atoms with Crippen LogP contribution in [0, 0.1) is 0 Å². The molecule has 2 amide bonds. The van der Waals surface area contributed by atoms with Gasteiger partial charge >= 0.3 is 6.18 Å². The molecule has 0 spiro atoms. The van der Waals surface area contributed by atoms with Gasteiger partial charge in [0.1, 0.15) is 6.54 Å². The van der Waals surface area contributed by atoms with E-state index in [0.29, 0.717) is 0 Å². The number of hydrogen-bond acceptors (Lipinski definition) is 4. The Morgan fingerprint density at radius 3 is 2.35 bits per heavy atom. The van der Waals surface area contributed by atoms with E-state index < -0.39 is 24.5 Å². The fourth-order valence-corrected chi connectivity index (χ4v) is 2.13. The van der Waals surface area contributed by atoms with E-state index in [9.17, 15) is 22.8 Å². The van der Waals surface area contributed by atoms with Crippen molar-refractivity contribution in [2.45, 2.75) is 25.1 Å². The molecule has 6 nitrogen and oxygen atoms in total. The molecule has 0 aromatic heterocycles. The zero-order valence-corrected chi connectivity index (χ0v) is 11.0. The average Bonchev–Trinajstić information content (AvgIpc) is 2.35. The molecule has 1 aliphatic rings. The highest BCUT2D eigenvalue weighted by Gasteiger charge is 2.29. The summed E-state index contributed by atoms with van der Waals surface area (Å²) < 4.78 is 36.0. The number of piperidine rings is 1. The van der Waals surface area contributed by atoms with Gasteiger partial charge in [0.05, 0.1) is 13.1 Å². The van der Waals surface area contributed by atoms with Crippen LogP contribution in [-0.2, 0) is 9.59 Å². The molecule has 1 heterocycles. The zero-order chi connectivity index (χ0) is 15.2. The molecule has 1 fully saturated rings. The molecule has 1 aliphatic heterocycles. The van der Waals surface area contributed by atoms with Crippen molar-refractivity contribution in [2.75, 3.05) is 32.7 Å². The second-order valence-corrected chi connectivity index (χ2v) is 4.74. The van der Waals surface area contributed by atoms with Gasteiger partial charge in [-0.1, -0.05) is 0 Å². The fraction of sp³-hybridized carbons (Fsp3) is 0.818. The summed E-state index contributed by atoms with van der Waals surface area (Å²) in [6.45, 7) is -0.287. The van der Waals surface area contributed by atoms with E-state index in [2.05, 4.69) is 5.32 Å². The molecule has 9 heteroatoms. The van der Waals surface area contributed by atoms with Crippen LogP contribution in [0.15, 0.2) is 0 Å². The van der Waals surface area contributed by atoms with Gasteiger partial charge in [-0.15, -0.1) is 0 Å². The topological polar surface area (TPSA) is 87.5 Å². The van der Waals surface area contributed by atoms with E-state index in [1.807, 2.05) is 0 Å². The van der Waals surface area contributed by atoms with Crippen molar-refractivity contribution in [3.05, 3.63) is 0 Å². The second-order valence-electron chi connectivity index (χ2n) is 4.74. The Bertz CT molecular complexity index is 343. The van der Waals surface area contributed by atoms with Crippen LogP contribution >= 0.6 is 0 Å². The Kier molecular flexibility index (Phi) is 6.21. The van der Waals surface area contributed by atoms with Crippen LogP contribution in [0.2, 0.25) is 0 Å². The number of halogens is 3. The maximum Gasteiger partial charge on any atom is 0.405 e. The van der Waals surface area contributed by atoms with Crippen molar-refractivity contribution < 1.29 is 22.8 Å². The molecule has 0 bridgehead atoms. The molecule has 1 saturated heterocycles. The minimum absolute atomic E-state index is 0.0274. The lowest BCUT2D eigenvalue weighted by Gasteiger charge is -2.33. The molecule has 20 heavy (non-hydrogen) atoms. The Balaban J connectivity index is 2.50. The van der Waals surface area contributed by atoms with Crippen molar-refractivity contribution in [3.63, 3.8) is 0 Å². The molecule has 4 N–H and O–H groups in total. The molecule has 0 unspecified atom stereocenters. The monoisotopic (exact) mass is 296 g/mol. The summed E-state index contributed by atoms with van der Waals surface area (Å²) in [5, 5.41) is 4.92. The van der Waals surface area contributed by atoms with E-state index >= 15 is 0 Å². The van der Waals surface area contributed by atoms with Crippen molar-refractivity contribution in [1.29, 1.82) is 0 Å². The highest BCUT2D eigenvalue weighted by atomic mass is 19.4. The molecule has 0 radical (unpaired) electrons. The Hall–Kier alpha value is -1.35. The third kappa shape index (κ3) is 6.71. The molecule has 0 aromatic carbocycles. The molecular formula is C11H19F3N4O2. The molecule has 0 atom stereocenters. The van der Waals surface area contributed by atoms with Crippen LogP contribution in [0.4, 0.5) is 13.2 Å². The minimum atomic E-state index is -4.45. The highest BCUT2D eigenvalue weighted by Crippen LogP contribution is 2.13. The summed E-state index contributed by atoms with van der Waals surface area (Å²) in [6.07, 6.45) is -3.00. The lowest BCUT2D eigenvalue weighted by atomic mass is 10.0. The van der Waals surface area contributed by atoms with Crippen molar-refractivity contribution in [2.24, 2.45) is 5.73 Å². The maximum atomic E-state index is 12.0. The van der Waals surface area contributed by atoms with Crippen LogP contribution in [0.5, 0.6) is 0 Å². The number of nitrogens with one attached hydrogen (secondary N) is 2. The van der Waals surface area contributed by atoms with Crippen LogP contribution in [-0.4, -0.2) is 61.7 Å². The number of amides is 2. The van der Waals surface area contributed by atoms with Crippen molar-refractivity contribution in [3.8, 4) is 0 Å². The minimum Gasteiger partial charge on any atom is -0.369 e. The SMILES string of the molecule is NC(=O)CN(CC(=O)NCC(F)(F)F)C1CCNCC1. The first-order chi connectivity index (χ1) is 9.28. The zero-order valence-electron chi connectivity index (χ0n) is 11.0. The number of alkyl halides is 3. The van der Waals surface area contributed by atoms with E-state index in [1.54, 1.807) is 5.32 Å². The quantitative estimate of drug-likeness (QED) is 0.599. The van der Waals surface area contributed by atoms with Gasteiger partial charge < -0.3 is 16.4 Å². The summed E-state index contributed by atoms with van der Waals surface area (Å²) in [6, 6.07) is -0.0274. The first-order valence-corrected chi connectivity index (χ1v) is 6.34. The smallest absolute Gasteiger partial charge is 0.369 e. The predicted octanol–water partition coefficient (Wildman–Crippen LogP) is -0.796. The Labute approximate surface area is 114 Å². The molecule has 0 aliphatic carbocycles. The largest absolute Gasteiger partial charge is 0.405 e.